The molecule has 0 aliphatic carbocycles. The van der Waals surface area contributed by atoms with E-state index in [1.165, 1.54) is 40.2 Å². The summed E-state index contributed by atoms with van der Waals surface area (Å²) in [6, 6.07) is 6.27. The number of nitrogens with one attached hydrogen (secondary N) is 1. The minimum Gasteiger partial charge on any atom is -0.542 e. The van der Waals surface area contributed by atoms with Crippen LogP contribution in [0.5, 0.6) is 0 Å². The average molecular weight is 915 g/mol. The third-order valence-corrected chi connectivity index (χ3v) is 10.9. The smallest absolute Gasteiger partial charge is 0.490 e. The SMILES string of the molecule is NCCC[n+]1ccc(SCC2=C(C(=O)O)N3C(=O)[C@@H](NC(=O)CSc4cc(Cl)nc(Cl)c4)[C@H]3SC2)cc1CCCC(=O)O.O=C(O)C(F)(F)F.O=C([O-])C(F)(F)F. The molecule has 0 bridgehead atoms. The molecule has 6 N–H and O–H groups in total. The van der Waals surface area contributed by atoms with Crippen molar-refractivity contribution in [3.63, 3.8) is 0 Å². The minimum atomic E-state index is -5.19. The van der Waals surface area contributed by atoms with Gasteiger partial charge in [0, 0.05) is 52.7 Å². The maximum atomic E-state index is 13.0. The molecule has 0 unspecified atom stereocenters. The number of hydrogen-bond donors (Lipinski definition) is 5. The third kappa shape index (κ3) is 16.1. The van der Waals surface area contributed by atoms with E-state index in [1.807, 2.05) is 18.3 Å². The van der Waals surface area contributed by atoms with Gasteiger partial charge < -0.3 is 36.3 Å². The fourth-order valence-electron chi connectivity index (χ4n) is 4.62. The number of nitrogens with two attached hydrogens (primary N) is 1. The lowest BCUT2D eigenvalue weighted by atomic mass is 10.0. The second-order valence-electron chi connectivity index (χ2n) is 11.3. The Morgan fingerprint density at radius 2 is 1.60 bits per heavy atom. The lowest BCUT2D eigenvalue weighted by Gasteiger charge is -2.49. The summed E-state index contributed by atoms with van der Waals surface area (Å²) in [6.07, 6.45) is -6.40. The Bertz CT molecular complexity index is 1820. The lowest BCUT2D eigenvalue weighted by molar-refractivity contribution is -0.704. The van der Waals surface area contributed by atoms with E-state index in [0.717, 1.165) is 23.6 Å². The maximum Gasteiger partial charge on any atom is 0.490 e. The van der Waals surface area contributed by atoms with Crippen LogP contribution in [0.4, 0.5) is 26.3 Å². The van der Waals surface area contributed by atoms with Crippen LogP contribution in [0.1, 0.15) is 25.0 Å². The largest absolute Gasteiger partial charge is 0.542 e. The molecule has 4 rings (SSSR count). The van der Waals surface area contributed by atoms with E-state index in [2.05, 4.69) is 14.9 Å². The quantitative estimate of drug-likeness (QED) is 0.0567. The lowest BCUT2D eigenvalue weighted by Crippen LogP contribution is -2.70. The van der Waals surface area contributed by atoms with Gasteiger partial charge in [-0.15, -0.1) is 35.3 Å². The van der Waals surface area contributed by atoms with Gasteiger partial charge in [-0.1, -0.05) is 23.2 Å². The average Bonchev–Trinajstić information content (AvgIpc) is 3.10. The van der Waals surface area contributed by atoms with E-state index in [9.17, 15) is 50.6 Å². The molecule has 15 nitrogen and oxygen atoms in total. The van der Waals surface area contributed by atoms with Crippen LogP contribution < -0.4 is 20.7 Å². The number of pyridine rings is 2. The summed E-state index contributed by atoms with van der Waals surface area (Å²) >= 11 is 15.9. The number of aliphatic carboxylic acids is 4. The maximum absolute atomic E-state index is 13.0. The topological polar surface area (TPSA) is 244 Å². The number of carbonyl (C=O) groups is 6. The van der Waals surface area contributed by atoms with E-state index in [0.29, 0.717) is 41.4 Å². The highest BCUT2D eigenvalue weighted by Crippen LogP contribution is 2.41. The number of carboxylic acid groups (broad SMARTS) is 4. The van der Waals surface area contributed by atoms with Gasteiger partial charge in [-0.2, -0.15) is 26.3 Å². The molecular formula is C31H31Cl2F6N5O10S3. The number of carbonyl (C=O) groups excluding carboxylic acids is 3. The van der Waals surface area contributed by atoms with Crippen LogP contribution in [-0.2, 0) is 41.7 Å². The summed E-state index contributed by atoms with van der Waals surface area (Å²) in [5, 5.41) is 37.6. The Balaban J connectivity index is 0.000000682. The second kappa shape index (κ2) is 22.3. The van der Waals surface area contributed by atoms with Crippen LogP contribution in [0.25, 0.3) is 0 Å². The van der Waals surface area contributed by atoms with Crippen LogP contribution in [0.3, 0.4) is 0 Å². The van der Waals surface area contributed by atoms with E-state index in [4.69, 9.17) is 53.8 Å². The van der Waals surface area contributed by atoms with Crippen molar-refractivity contribution in [1.29, 1.82) is 0 Å². The minimum absolute atomic E-state index is 0.0168. The summed E-state index contributed by atoms with van der Waals surface area (Å²) in [5.74, 6) is -7.87. The van der Waals surface area contributed by atoms with Crippen molar-refractivity contribution in [2.45, 2.75) is 65.8 Å². The highest BCUT2D eigenvalue weighted by molar-refractivity contribution is 8.01. The molecule has 26 heteroatoms. The Labute approximate surface area is 341 Å². The van der Waals surface area contributed by atoms with Gasteiger partial charge in [0.05, 0.1) is 5.75 Å². The number of amides is 2. The van der Waals surface area contributed by atoms with Crippen molar-refractivity contribution in [2.75, 3.05) is 23.8 Å². The van der Waals surface area contributed by atoms with E-state index < -0.39 is 53.6 Å². The van der Waals surface area contributed by atoms with Crippen molar-refractivity contribution in [2.24, 2.45) is 5.73 Å². The van der Waals surface area contributed by atoms with Crippen molar-refractivity contribution in [3.05, 3.63) is 57.7 Å². The Kier molecular flexibility index (Phi) is 19.2. The number of carboxylic acids is 4. The van der Waals surface area contributed by atoms with Crippen LogP contribution in [0, 0.1) is 0 Å². The highest BCUT2D eigenvalue weighted by atomic mass is 35.5. The number of aryl methyl sites for hydroxylation is 2. The molecule has 1 saturated heterocycles. The van der Waals surface area contributed by atoms with E-state index in [-0.39, 0.29) is 34.1 Å². The van der Waals surface area contributed by atoms with E-state index in [1.54, 1.807) is 12.1 Å². The van der Waals surface area contributed by atoms with Gasteiger partial charge in [0.1, 0.15) is 39.9 Å². The molecule has 4 heterocycles. The standard InChI is InChI=1S/C27H29Cl2N5O6S3.2C2HF3O2/c28-19-10-18(11-20(29)31-19)42-14-21(35)32-23-25(38)34-24(27(39)40)15(13-43-26(23)34)12-41-17-5-8-33(7-2-6-30)16(9-17)3-1-4-22(36)37;2*3-2(4,5)1(6)7/h5,8-11,23,26H,1-4,6-7,12-14,30H2,(H2-,32,35,36,37,39,40);2*(H,6,7)/t23-,26-;;/m1../s1. The molecule has 0 aromatic carbocycles. The molecule has 2 amide bonds. The molecule has 2 aromatic heterocycles. The zero-order valence-electron chi connectivity index (χ0n) is 28.8. The van der Waals surface area contributed by atoms with Crippen LogP contribution >= 0.6 is 58.5 Å². The number of rotatable bonds is 15. The van der Waals surface area contributed by atoms with Crippen molar-refractivity contribution < 1.29 is 80.1 Å². The molecule has 0 spiro atoms. The number of thioether (sulfide) groups is 3. The predicted octanol–water partition coefficient (Wildman–Crippen LogP) is 2.99. The van der Waals surface area contributed by atoms with Gasteiger partial charge in [0.25, 0.3) is 5.91 Å². The summed E-state index contributed by atoms with van der Waals surface area (Å²) in [7, 11) is 0. The number of alkyl halides is 6. The van der Waals surface area contributed by atoms with Gasteiger partial charge in [0.15, 0.2) is 11.9 Å². The summed E-state index contributed by atoms with van der Waals surface area (Å²) in [4.78, 5) is 73.3. The summed E-state index contributed by atoms with van der Waals surface area (Å²) < 4.78 is 65.3. The second-order valence-corrected chi connectivity index (χ2v) is 15.2. The predicted molar refractivity (Wildman–Crippen MR) is 191 cm³/mol. The van der Waals surface area contributed by atoms with Crippen molar-refractivity contribution in [1.82, 2.24) is 15.2 Å². The molecule has 2 aliphatic heterocycles. The van der Waals surface area contributed by atoms with Gasteiger partial charge >= 0.3 is 30.3 Å². The van der Waals surface area contributed by atoms with Gasteiger partial charge in [-0.3, -0.25) is 19.3 Å². The Morgan fingerprint density at radius 1 is 1.00 bits per heavy atom. The summed E-state index contributed by atoms with van der Waals surface area (Å²) in [6.45, 7) is 1.26. The molecule has 314 valence electrons. The first-order valence-electron chi connectivity index (χ1n) is 15.8. The number of hydrogen-bond acceptors (Lipinski definition) is 12. The van der Waals surface area contributed by atoms with E-state index >= 15 is 0 Å². The Morgan fingerprint density at radius 3 is 2.11 bits per heavy atom. The number of aromatic nitrogens is 2. The monoisotopic (exact) mass is 913 g/mol. The number of β-lactam (4-membered cyclic amide) rings is 1. The molecule has 2 atom stereocenters. The molecule has 2 aliphatic rings. The number of nitrogens with zero attached hydrogens (tertiary/aromatic N) is 3. The molecule has 0 radical (unpaired) electrons. The van der Waals surface area contributed by atoms with Crippen molar-refractivity contribution in [3.8, 4) is 0 Å². The molecular weight excluding hydrogens is 883 g/mol. The van der Waals surface area contributed by atoms with Gasteiger partial charge in [0.2, 0.25) is 5.91 Å². The normalized spacial score (nSPS) is 16.2. The van der Waals surface area contributed by atoms with Gasteiger partial charge in [-0.25, -0.2) is 19.1 Å². The molecule has 57 heavy (non-hydrogen) atoms. The highest BCUT2D eigenvalue weighted by Gasteiger charge is 2.54. The molecule has 1 fully saturated rings. The van der Waals surface area contributed by atoms with Crippen LogP contribution in [-0.4, -0.2) is 108 Å². The van der Waals surface area contributed by atoms with Crippen LogP contribution in [0.15, 0.2) is 51.5 Å². The summed E-state index contributed by atoms with van der Waals surface area (Å²) in [5.41, 5.74) is 7.22. The molecule has 0 saturated carbocycles. The first-order chi connectivity index (χ1) is 26.5. The zero-order chi connectivity index (χ0) is 43.2. The fourth-order valence-corrected chi connectivity index (χ4v) is 8.41. The van der Waals surface area contributed by atoms with Crippen LogP contribution in [0.2, 0.25) is 10.3 Å². The zero-order valence-corrected chi connectivity index (χ0v) is 32.7. The Hall–Kier alpha value is -3.97. The van der Waals surface area contributed by atoms with Crippen molar-refractivity contribution >= 4 is 94.2 Å². The fraction of sp³-hybridized carbons (Fsp3) is 0.419. The first-order valence-corrected chi connectivity index (χ1v) is 19.5. The first kappa shape index (κ1) is 49.2. The number of fused-ring (bicyclic) bond motifs is 1. The third-order valence-electron chi connectivity index (χ3n) is 7.08. The van der Waals surface area contributed by atoms with Gasteiger partial charge in [-0.05, 0) is 30.7 Å². The number of halogens is 8. The molecule has 2 aromatic rings.